The number of rotatable bonds is 3. The summed E-state index contributed by atoms with van der Waals surface area (Å²) in [5.41, 5.74) is -0.798. The van der Waals surface area contributed by atoms with E-state index < -0.39 is 11.1 Å². The molecule has 1 rings (SSSR count). The Labute approximate surface area is 114 Å². The molecule has 0 aliphatic carbocycles. The number of carbonyl (C=O) groups is 2. The van der Waals surface area contributed by atoms with E-state index in [0.717, 1.165) is 0 Å². The summed E-state index contributed by atoms with van der Waals surface area (Å²) in [5, 5.41) is 14.4. The molecule has 0 atom stereocenters. The van der Waals surface area contributed by atoms with Crippen LogP contribution in [-0.4, -0.2) is 39.1 Å². The third kappa shape index (κ3) is 4.14. The van der Waals surface area contributed by atoms with E-state index in [1.54, 1.807) is 0 Å². The van der Waals surface area contributed by atoms with Crippen LogP contribution in [-0.2, 0) is 9.59 Å². The van der Waals surface area contributed by atoms with Gasteiger partial charge in [0.05, 0.1) is 0 Å². The van der Waals surface area contributed by atoms with Crippen molar-refractivity contribution < 1.29 is 14.8 Å². The number of nitrogens with one attached hydrogen (secondary N) is 1. The molecule has 2 N–H and O–H groups in total. The van der Waals surface area contributed by atoms with Gasteiger partial charge in [0.25, 0.3) is 0 Å². The Hall–Kier alpha value is -1.20. The Morgan fingerprint density at radius 1 is 1.16 bits per heavy atom. The third-order valence-electron chi connectivity index (χ3n) is 3.45. The highest BCUT2D eigenvalue weighted by molar-refractivity contribution is 5.96. The van der Waals surface area contributed by atoms with Gasteiger partial charge in [-0.15, -0.1) is 0 Å². The molecule has 1 fully saturated rings. The summed E-state index contributed by atoms with van der Waals surface area (Å²) in [4.78, 5) is 22.5. The van der Waals surface area contributed by atoms with Gasteiger partial charge in [0, 0.05) is 23.2 Å². The lowest BCUT2D eigenvalue weighted by atomic mass is 9.79. The first kappa shape index (κ1) is 15.9. The van der Waals surface area contributed by atoms with Gasteiger partial charge in [-0.2, -0.15) is 5.06 Å². The predicted molar refractivity (Wildman–Crippen MR) is 72.8 cm³/mol. The molecule has 0 unspecified atom stereocenters. The molecule has 1 aliphatic rings. The maximum Gasteiger partial charge on any atom is 0.244 e. The van der Waals surface area contributed by atoms with E-state index in [-0.39, 0.29) is 17.7 Å². The number of hydroxylamine groups is 2. The number of nitrogens with zero attached hydrogens (tertiary/aromatic N) is 1. The average molecular weight is 268 g/mol. The quantitative estimate of drug-likeness (QED) is 0.764. The minimum Gasteiger partial charge on any atom is -0.350 e. The highest BCUT2D eigenvalue weighted by Gasteiger charge is 2.45. The van der Waals surface area contributed by atoms with Gasteiger partial charge in [0.2, 0.25) is 5.91 Å². The van der Waals surface area contributed by atoms with Crippen LogP contribution in [0.1, 0.15) is 47.5 Å². The molecule has 19 heavy (non-hydrogen) atoms. The van der Waals surface area contributed by atoms with Crippen LogP contribution >= 0.6 is 0 Å². The summed E-state index contributed by atoms with van der Waals surface area (Å²) in [6.45, 7) is 9.17. The number of piperidine rings is 1. The molecule has 1 aliphatic heterocycles. The molecule has 1 heterocycles. The van der Waals surface area contributed by atoms with E-state index in [4.69, 9.17) is 0 Å². The van der Waals surface area contributed by atoms with Crippen molar-refractivity contribution in [1.82, 2.24) is 10.4 Å². The lowest BCUT2D eigenvalue weighted by Gasteiger charge is -2.51. The summed E-state index contributed by atoms with van der Waals surface area (Å²) in [5.74, 6) is -0.417. The first-order valence-electron chi connectivity index (χ1n) is 6.53. The van der Waals surface area contributed by atoms with Crippen molar-refractivity contribution in [1.29, 1.82) is 0 Å². The Kier molecular flexibility index (Phi) is 4.53. The van der Waals surface area contributed by atoms with Crippen LogP contribution in [0.25, 0.3) is 0 Å². The van der Waals surface area contributed by atoms with Crippen molar-refractivity contribution in [3.8, 4) is 0 Å². The largest absolute Gasteiger partial charge is 0.350 e. The van der Waals surface area contributed by atoms with Gasteiger partial charge in [-0.3, -0.25) is 9.59 Å². The molecule has 0 aromatic rings. The maximum atomic E-state index is 11.7. The zero-order valence-corrected chi connectivity index (χ0v) is 12.4. The minimum atomic E-state index is -0.399. The third-order valence-corrected chi connectivity index (χ3v) is 3.45. The molecule has 108 valence electrons. The minimum absolute atomic E-state index is 0.0162. The predicted octanol–water partition coefficient (Wildman–Crippen LogP) is 1.66. The van der Waals surface area contributed by atoms with Crippen LogP contribution in [0.4, 0.5) is 0 Å². The van der Waals surface area contributed by atoms with E-state index in [2.05, 4.69) is 5.32 Å². The number of ketones is 1. The first-order valence-corrected chi connectivity index (χ1v) is 6.53. The molecular weight excluding hydrogens is 244 g/mol. The van der Waals surface area contributed by atoms with Gasteiger partial charge in [-0.05, 0) is 53.5 Å². The van der Waals surface area contributed by atoms with Crippen LogP contribution in [0, 0.1) is 0 Å². The highest BCUT2D eigenvalue weighted by atomic mass is 16.5. The monoisotopic (exact) mass is 268 g/mol. The Morgan fingerprint density at radius 2 is 1.63 bits per heavy atom. The van der Waals surface area contributed by atoms with Crippen molar-refractivity contribution in [2.75, 3.05) is 0 Å². The van der Waals surface area contributed by atoms with Crippen molar-refractivity contribution in [2.24, 2.45) is 0 Å². The molecule has 0 spiro atoms. The van der Waals surface area contributed by atoms with Crippen LogP contribution in [0.2, 0.25) is 0 Å². The molecule has 0 radical (unpaired) electrons. The molecule has 0 saturated carbocycles. The number of carbonyl (C=O) groups excluding carboxylic acids is 2. The average Bonchev–Trinajstić information content (AvgIpc) is 2.22. The zero-order valence-electron chi connectivity index (χ0n) is 12.4. The molecule has 5 nitrogen and oxygen atoms in total. The summed E-state index contributed by atoms with van der Waals surface area (Å²) in [6.07, 6.45) is 3.83. The van der Waals surface area contributed by atoms with E-state index >= 15 is 0 Å². The van der Waals surface area contributed by atoms with Crippen molar-refractivity contribution >= 4 is 11.7 Å². The van der Waals surface area contributed by atoms with Gasteiger partial charge in [0.15, 0.2) is 5.78 Å². The lowest BCUT2D eigenvalue weighted by Crippen LogP contribution is -2.62. The fraction of sp³-hybridized carbons (Fsp3) is 0.714. The molecule has 0 aromatic carbocycles. The topological polar surface area (TPSA) is 69.6 Å². The van der Waals surface area contributed by atoms with Gasteiger partial charge >= 0.3 is 0 Å². The Morgan fingerprint density at radius 3 is 2.05 bits per heavy atom. The van der Waals surface area contributed by atoms with Crippen molar-refractivity contribution in [3.05, 3.63) is 12.2 Å². The second-order valence-corrected chi connectivity index (χ2v) is 6.49. The molecule has 1 amide bonds. The smallest absolute Gasteiger partial charge is 0.244 e. The molecular formula is C14H24N2O3. The summed E-state index contributed by atoms with van der Waals surface area (Å²) in [7, 11) is 0. The first-order chi connectivity index (χ1) is 8.54. The molecule has 0 aromatic heterocycles. The van der Waals surface area contributed by atoms with Crippen LogP contribution in [0.5, 0.6) is 0 Å². The van der Waals surface area contributed by atoms with Crippen LogP contribution in [0.15, 0.2) is 12.2 Å². The van der Waals surface area contributed by atoms with Gasteiger partial charge in [-0.25, -0.2) is 0 Å². The fourth-order valence-corrected chi connectivity index (χ4v) is 2.81. The van der Waals surface area contributed by atoms with E-state index in [0.29, 0.717) is 12.8 Å². The van der Waals surface area contributed by atoms with Gasteiger partial charge in [0.1, 0.15) is 0 Å². The molecule has 1 saturated heterocycles. The van der Waals surface area contributed by atoms with Gasteiger partial charge in [-0.1, -0.05) is 0 Å². The number of hydrogen-bond acceptors (Lipinski definition) is 4. The summed E-state index contributed by atoms with van der Waals surface area (Å²) in [6, 6.07) is -0.0162. The fourth-order valence-electron chi connectivity index (χ4n) is 2.81. The standard InChI is InChI=1S/C14H24N2O3/c1-10(17)6-7-12(18)15-11-8-13(2,3)16(19)14(4,5)9-11/h6-7,11,19H,8-9H2,1-5H3,(H,15,18)/b7-6+. The van der Waals surface area contributed by atoms with Crippen LogP contribution < -0.4 is 5.32 Å². The number of amides is 1. The Balaban J connectivity index is 2.71. The highest BCUT2D eigenvalue weighted by Crippen LogP contribution is 2.36. The van der Waals surface area contributed by atoms with Crippen molar-refractivity contribution in [2.45, 2.75) is 64.6 Å². The molecule has 5 heteroatoms. The number of allylic oxidation sites excluding steroid dienone is 1. The lowest BCUT2D eigenvalue weighted by molar-refractivity contribution is -0.245. The SMILES string of the molecule is CC(=O)/C=C/C(=O)NC1CC(C)(C)N(O)C(C)(C)C1. The van der Waals surface area contributed by atoms with Crippen LogP contribution in [0.3, 0.4) is 0 Å². The summed E-state index contributed by atoms with van der Waals surface area (Å²) < 4.78 is 0. The number of hydrogen-bond donors (Lipinski definition) is 2. The van der Waals surface area contributed by atoms with Crippen molar-refractivity contribution in [3.63, 3.8) is 0 Å². The van der Waals surface area contributed by atoms with E-state index in [9.17, 15) is 14.8 Å². The van der Waals surface area contributed by atoms with E-state index in [1.165, 1.54) is 24.1 Å². The maximum absolute atomic E-state index is 11.7. The normalized spacial score (nSPS) is 23.5. The molecule has 0 bridgehead atoms. The van der Waals surface area contributed by atoms with E-state index in [1.807, 2.05) is 27.7 Å². The second-order valence-electron chi connectivity index (χ2n) is 6.49. The van der Waals surface area contributed by atoms with Gasteiger partial charge < -0.3 is 10.5 Å². The Bertz CT molecular complexity index is 381. The summed E-state index contributed by atoms with van der Waals surface area (Å²) >= 11 is 0. The zero-order chi connectivity index (χ0) is 14.8. The second kappa shape index (κ2) is 5.43.